The molecule has 3 N–H and O–H groups in total. The van der Waals surface area contributed by atoms with Gasteiger partial charge in [0.05, 0.1) is 17.4 Å². The SMILES string of the molecule is NC1CC(NCCCn2cnc3ccccc32)C1. The van der Waals surface area contributed by atoms with Gasteiger partial charge in [0.15, 0.2) is 0 Å². The Labute approximate surface area is 107 Å². The van der Waals surface area contributed by atoms with Crippen molar-refractivity contribution in [2.45, 2.75) is 37.9 Å². The molecule has 1 aromatic carbocycles. The standard InChI is InChI=1S/C14H20N4/c15-11-8-12(9-11)16-6-3-7-18-10-17-13-4-1-2-5-14(13)18/h1-2,4-5,10-12,16H,3,6-9,15H2. The van der Waals surface area contributed by atoms with Gasteiger partial charge in [-0.15, -0.1) is 0 Å². The van der Waals surface area contributed by atoms with E-state index in [1.54, 1.807) is 0 Å². The Morgan fingerprint density at radius 3 is 3.00 bits per heavy atom. The van der Waals surface area contributed by atoms with Crippen molar-refractivity contribution in [3.05, 3.63) is 30.6 Å². The van der Waals surface area contributed by atoms with Gasteiger partial charge in [0.2, 0.25) is 0 Å². The number of aromatic nitrogens is 2. The number of aryl methyl sites for hydroxylation is 1. The van der Waals surface area contributed by atoms with Crippen LogP contribution in [0.2, 0.25) is 0 Å². The topological polar surface area (TPSA) is 55.9 Å². The lowest BCUT2D eigenvalue weighted by Gasteiger charge is -2.33. The summed E-state index contributed by atoms with van der Waals surface area (Å²) in [6.45, 7) is 2.08. The fourth-order valence-electron chi connectivity index (χ4n) is 2.57. The number of para-hydroxylation sites is 2. The third-order valence-corrected chi connectivity index (χ3v) is 3.71. The number of nitrogens with two attached hydrogens (primary N) is 1. The third-order valence-electron chi connectivity index (χ3n) is 3.71. The molecule has 1 heterocycles. The maximum atomic E-state index is 5.76. The van der Waals surface area contributed by atoms with E-state index in [1.807, 2.05) is 12.4 Å². The predicted octanol–water partition coefficient (Wildman–Crippen LogP) is 1.51. The molecule has 1 aliphatic rings. The van der Waals surface area contributed by atoms with Crippen molar-refractivity contribution >= 4 is 11.0 Å². The number of nitrogens with one attached hydrogen (secondary N) is 1. The van der Waals surface area contributed by atoms with Crippen LogP contribution in [-0.2, 0) is 6.54 Å². The summed E-state index contributed by atoms with van der Waals surface area (Å²) in [5, 5.41) is 3.55. The zero-order valence-electron chi connectivity index (χ0n) is 10.5. The van der Waals surface area contributed by atoms with Gasteiger partial charge in [-0.3, -0.25) is 0 Å². The van der Waals surface area contributed by atoms with E-state index < -0.39 is 0 Å². The molecule has 3 rings (SSSR count). The number of hydrogen-bond acceptors (Lipinski definition) is 3. The molecule has 0 saturated heterocycles. The molecule has 1 fully saturated rings. The molecule has 1 aliphatic carbocycles. The van der Waals surface area contributed by atoms with E-state index >= 15 is 0 Å². The smallest absolute Gasteiger partial charge is 0.0958 e. The van der Waals surface area contributed by atoms with Gasteiger partial charge in [-0.25, -0.2) is 4.98 Å². The van der Waals surface area contributed by atoms with Crippen molar-refractivity contribution in [2.24, 2.45) is 5.73 Å². The average Bonchev–Trinajstić information content (AvgIpc) is 2.75. The van der Waals surface area contributed by atoms with Crippen LogP contribution in [0.3, 0.4) is 0 Å². The second kappa shape index (κ2) is 5.08. The van der Waals surface area contributed by atoms with Gasteiger partial charge in [0, 0.05) is 18.6 Å². The van der Waals surface area contributed by atoms with Crippen LogP contribution in [0.15, 0.2) is 30.6 Å². The highest BCUT2D eigenvalue weighted by molar-refractivity contribution is 5.74. The van der Waals surface area contributed by atoms with Crippen molar-refractivity contribution in [1.82, 2.24) is 14.9 Å². The minimum atomic E-state index is 0.431. The molecule has 4 heteroatoms. The highest BCUT2D eigenvalue weighted by Gasteiger charge is 2.24. The van der Waals surface area contributed by atoms with Gasteiger partial charge in [-0.2, -0.15) is 0 Å². The van der Waals surface area contributed by atoms with Crippen LogP contribution in [0.1, 0.15) is 19.3 Å². The number of benzene rings is 1. The molecule has 0 amide bonds. The zero-order chi connectivity index (χ0) is 12.4. The highest BCUT2D eigenvalue weighted by atomic mass is 15.0. The van der Waals surface area contributed by atoms with Crippen molar-refractivity contribution in [1.29, 1.82) is 0 Å². The first-order valence-electron chi connectivity index (χ1n) is 6.72. The van der Waals surface area contributed by atoms with Gasteiger partial charge in [-0.1, -0.05) is 12.1 Å². The van der Waals surface area contributed by atoms with E-state index in [2.05, 4.69) is 33.1 Å². The number of fused-ring (bicyclic) bond motifs is 1. The largest absolute Gasteiger partial charge is 0.331 e. The van der Waals surface area contributed by atoms with Gasteiger partial charge < -0.3 is 15.6 Å². The molecule has 0 atom stereocenters. The first-order chi connectivity index (χ1) is 8.83. The molecule has 0 aliphatic heterocycles. The maximum absolute atomic E-state index is 5.76. The summed E-state index contributed by atoms with van der Waals surface area (Å²) in [5.41, 5.74) is 8.06. The summed E-state index contributed by atoms with van der Waals surface area (Å²) in [7, 11) is 0. The monoisotopic (exact) mass is 244 g/mol. The van der Waals surface area contributed by atoms with Crippen LogP contribution < -0.4 is 11.1 Å². The molecule has 0 spiro atoms. The second-order valence-electron chi connectivity index (χ2n) is 5.16. The first kappa shape index (κ1) is 11.7. The number of hydrogen-bond donors (Lipinski definition) is 2. The lowest BCUT2D eigenvalue weighted by Crippen LogP contribution is -2.48. The highest BCUT2D eigenvalue weighted by Crippen LogP contribution is 2.17. The van der Waals surface area contributed by atoms with Crippen LogP contribution in [0.4, 0.5) is 0 Å². The van der Waals surface area contributed by atoms with E-state index in [4.69, 9.17) is 5.73 Å². The molecular weight excluding hydrogens is 224 g/mol. The molecule has 1 aromatic heterocycles. The van der Waals surface area contributed by atoms with Crippen LogP contribution in [0.5, 0.6) is 0 Å². The Morgan fingerprint density at radius 2 is 2.17 bits per heavy atom. The maximum Gasteiger partial charge on any atom is 0.0958 e. The number of rotatable bonds is 5. The Balaban J connectivity index is 1.48. The van der Waals surface area contributed by atoms with E-state index in [0.29, 0.717) is 12.1 Å². The Morgan fingerprint density at radius 1 is 1.33 bits per heavy atom. The minimum absolute atomic E-state index is 0.431. The predicted molar refractivity (Wildman–Crippen MR) is 73.4 cm³/mol. The molecule has 0 bridgehead atoms. The Hall–Kier alpha value is -1.39. The normalized spacial score (nSPS) is 23.2. The minimum Gasteiger partial charge on any atom is -0.331 e. The number of nitrogens with zero attached hydrogens (tertiary/aromatic N) is 2. The number of imidazole rings is 1. The van der Waals surface area contributed by atoms with Crippen LogP contribution in [-0.4, -0.2) is 28.2 Å². The molecule has 4 nitrogen and oxygen atoms in total. The average molecular weight is 244 g/mol. The molecule has 0 unspecified atom stereocenters. The summed E-state index contributed by atoms with van der Waals surface area (Å²) < 4.78 is 2.23. The van der Waals surface area contributed by atoms with Crippen LogP contribution in [0.25, 0.3) is 11.0 Å². The van der Waals surface area contributed by atoms with E-state index in [-0.39, 0.29) is 0 Å². The van der Waals surface area contributed by atoms with Gasteiger partial charge >= 0.3 is 0 Å². The van der Waals surface area contributed by atoms with E-state index in [1.165, 1.54) is 5.52 Å². The van der Waals surface area contributed by atoms with Crippen molar-refractivity contribution in [2.75, 3.05) is 6.54 Å². The fourth-order valence-corrected chi connectivity index (χ4v) is 2.57. The van der Waals surface area contributed by atoms with Crippen LogP contribution in [0, 0.1) is 0 Å². The molecule has 1 saturated carbocycles. The molecular formula is C14H20N4. The molecule has 18 heavy (non-hydrogen) atoms. The van der Waals surface area contributed by atoms with E-state index in [0.717, 1.165) is 37.9 Å². The zero-order valence-corrected chi connectivity index (χ0v) is 10.5. The quantitative estimate of drug-likeness (QED) is 0.784. The summed E-state index contributed by atoms with van der Waals surface area (Å²) in [5.74, 6) is 0. The van der Waals surface area contributed by atoms with Crippen LogP contribution >= 0.6 is 0 Å². The first-order valence-corrected chi connectivity index (χ1v) is 6.72. The summed E-state index contributed by atoms with van der Waals surface area (Å²) in [6, 6.07) is 9.36. The van der Waals surface area contributed by atoms with E-state index in [9.17, 15) is 0 Å². The van der Waals surface area contributed by atoms with Gasteiger partial charge in [0.1, 0.15) is 0 Å². The van der Waals surface area contributed by atoms with Gasteiger partial charge in [0.25, 0.3) is 0 Å². The summed E-state index contributed by atoms with van der Waals surface area (Å²) in [6.07, 6.45) is 5.33. The molecule has 2 aromatic rings. The summed E-state index contributed by atoms with van der Waals surface area (Å²) in [4.78, 5) is 4.40. The van der Waals surface area contributed by atoms with Gasteiger partial charge in [-0.05, 0) is 37.9 Å². The Kier molecular flexibility index (Phi) is 3.30. The van der Waals surface area contributed by atoms with Crippen molar-refractivity contribution in [3.63, 3.8) is 0 Å². The second-order valence-corrected chi connectivity index (χ2v) is 5.16. The fraction of sp³-hybridized carbons (Fsp3) is 0.500. The third kappa shape index (κ3) is 2.40. The lowest BCUT2D eigenvalue weighted by atomic mass is 9.88. The summed E-state index contributed by atoms with van der Waals surface area (Å²) >= 11 is 0. The lowest BCUT2D eigenvalue weighted by molar-refractivity contribution is 0.290. The van der Waals surface area contributed by atoms with Crippen molar-refractivity contribution in [3.8, 4) is 0 Å². The Bertz CT molecular complexity index is 513. The molecule has 96 valence electrons. The molecule has 0 radical (unpaired) electrons. The van der Waals surface area contributed by atoms with Crippen molar-refractivity contribution < 1.29 is 0 Å².